The molecule has 0 saturated carbocycles. The first-order chi connectivity index (χ1) is 11.5. The summed E-state index contributed by atoms with van der Waals surface area (Å²) in [4.78, 5) is 12.9. The summed E-state index contributed by atoms with van der Waals surface area (Å²) in [6, 6.07) is 11.2. The number of hydrogen-bond donors (Lipinski definition) is 1. The average molecular weight is 323 g/mol. The Morgan fingerprint density at radius 2 is 1.79 bits per heavy atom. The maximum atomic E-state index is 12.9. The molecule has 0 aliphatic rings. The van der Waals surface area contributed by atoms with Crippen LogP contribution in [0.5, 0.6) is 5.75 Å². The smallest absolute Gasteiger partial charge is 0.265 e. The number of nitrogens with zero attached hydrogens (tertiary/aromatic N) is 1. The molecule has 2 aromatic carbocycles. The van der Waals surface area contributed by atoms with Gasteiger partial charge in [0.05, 0.1) is 12.2 Å². The second-order valence-corrected chi connectivity index (χ2v) is 6.26. The van der Waals surface area contributed by atoms with Gasteiger partial charge in [-0.25, -0.2) is 0 Å². The zero-order valence-electron chi connectivity index (χ0n) is 14.1. The van der Waals surface area contributed by atoms with Gasteiger partial charge in [0.2, 0.25) is 0 Å². The van der Waals surface area contributed by atoms with E-state index in [9.17, 15) is 9.90 Å². The molecular weight excluding hydrogens is 302 g/mol. The highest BCUT2D eigenvalue weighted by Crippen LogP contribution is 2.29. The van der Waals surface area contributed by atoms with Gasteiger partial charge in [0.1, 0.15) is 5.75 Å². The first-order valence-electron chi connectivity index (χ1n) is 7.97. The molecule has 0 unspecified atom stereocenters. The Morgan fingerprint density at radius 3 is 2.33 bits per heavy atom. The molecule has 0 saturated heterocycles. The topological polar surface area (TPSA) is 51.5 Å². The number of ether oxygens (including phenoxy) is 1. The zero-order valence-corrected chi connectivity index (χ0v) is 14.1. The number of methoxy groups -OCH3 is 1. The third-order valence-corrected chi connectivity index (χ3v) is 4.20. The van der Waals surface area contributed by atoms with Gasteiger partial charge in [-0.1, -0.05) is 38.1 Å². The summed E-state index contributed by atoms with van der Waals surface area (Å²) < 4.78 is 6.72. The largest absolute Gasteiger partial charge is 0.507 e. The number of aromatic hydroxyl groups is 1. The number of benzene rings is 2. The summed E-state index contributed by atoms with van der Waals surface area (Å²) in [6.45, 7) is 4.52. The lowest BCUT2D eigenvalue weighted by atomic mass is 9.94. The Bertz CT molecular complexity index is 860. The molecule has 3 aromatic rings. The molecule has 0 atom stereocenters. The molecule has 0 bridgehead atoms. The Balaban J connectivity index is 2.07. The van der Waals surface area contributed by atoms with Crippen LogP contribution in [0.15, 0.2) is 48.8 Å². The number of phenols is 1. The van der Waals surface area contributed by atoms with Gasteiger partial charge in [-0.05, 0) is 39.9 Å². The molecule has 124 valence electrons. The molecule has 24 heavy (non-hydrogen) atoms. The van der Waals surface area contributed by atoms with Gasteiger partial charge in [-0.3, -0.25) is 9.36 Å². The van der Waals surface area contributed by atoms with Crippen molar-refractivity contribution in [2.45, 2.75) is 26.4 Å². The predicted octanol–water partition coefficient (Wildman–Crippen LogP) is 4.31. The fourth-order valence-electron chi connectivity index (χ4n) is 2.98. The van der Waals surface area contributed by atoms with Crippen LogP contribution in [0.2, 0.25) is 0 Å². The number of carbonyl (C=O) groups is 1. The lowest BCUT2D eigenvalue weighted by Crippen LogP contribution is -2.11. The van der Waals surface area contributed by atoms with E-state index in [4.69, 9.17) is 4.74 Å². The SMILES string of the molecule is COCc1cc(O)c(C(=O)n2cc3ccccc3c2)cc1C(C)C. The first-order valence-corrected chi connectivity index (χ1v) is 7.97. The zero-order chi connectivity index (χ0) is 17.3. The summed E-state index contributed by atoms with van der Waals surface area (Å²) in [6.07, 6.45) is 3.57. The van der Waals surface area contributed by atoms with Gasteiger partial charge < -0.3 is 9.84 Å². The Labute approximate surface area is 141 Å². The van der Waals surface area contributed by atoms with E-state index in [1.54, 1.807) is 31.6 Å². The minimum atomic E-state index is -0.241. The molecule has 0 fully saturated rings. The highest BCUT2D eigenvalue weighted by molar-refractivity contribution is 6.01. The van der Waals surface area contributed by atoms with E-state index in [2.05, 4.69) is 13.8 Å². The predicted molar refractivity (Wildman–Crippen MR) is 94.6 cm³/mol. The van der Waals surface area contributed by atoms with Crippen LogP contribution >= 0.6 is 0 Å². The van der Waals surface area contributed by atoms with Crippen LogP contribution in [0, 0.1) is 0 Å². The van der Waals surface area contributed by atoms with Crippen molar-refractivity contribution in [2.24, 2.45) is 0 Å². The molecule has 1 aromatic heterocycles. The molecule has 4 nitrogen and oxygen atoms in total. The van der Waals surface area contributed by atoms with E-state index >= 15 is 0 Å². The Morgan fingerprint density at radius 1 is 1.17 bits per heavy atom. The minimum absolute atomic E-state index is 0.0193. The molecule has 4 heteroatoms. The summed E-state index contributed by atoms with van der Waals surface area (Å²) in [5.41, 5.74) is 2.22. The fourth-order valence-corrected chi connectivity index (χ4v) is 2.98. The monoisotopic (exact) mass is 323 g/mol. The average Bonchev–Trinajstić information content (AvgIpc) is 2.98. The van der Waals surface area contributed by atoms with Crippen molar-refractivity contribution < 1.29 is 14.6 Å². The van der Waals surface area contributed by atoms with Crippen molar-refractivity contribution in [1.82, 2.24) is 4.57 Å². The van der Waals surface area contributed by atoms with E-state index < -0.39 is 0 Å². The number of rotatable bonds is 4. The first kappa shape index (κ1) is 16.3. The van der Waals surface area contributed by atoms with E-state index in [1.165, 1.54) is 4.57 Å². The summed E-state index contributed by atoms with van der Waals surface area (Å²) in [7, 11) is 1.62. The summed E-state index contributed by atoms with van der Waals surface area (Å²) >= 11 is 0. The van der Waals surface area contributed by atoms with Crippen molar-refractivity contribution >= 4 is 16.7 Å². The third kappa shape index (κ3) is 2.93. The molecule has 1 heterocycles. The number of fused-ring (bicyclic) bond motifs is 1. The Hall–Kier alpha value is -2.59. The fraction of sp³-hybridized carbons (Fsp3) is 0.250. The van der Waals surface area contributed by atoms with Crippen molar-refractivity contribution in [2.75, 3.05) is 7.11 Å². The quantitative estimate of drug-likeness (QED) is 0.778. The van der Waals surface area contributed by atoms with Crippen LogP contribution in [0.25, 0.3) is 10.8 Å². The van der Waals surface area contributed by atoms with E-state index in [0.717, 1.165) is 21.9 Å². The number of aromatic nitrogens is 1. The number of carbonyl (C=O) groups excluding carboxylic acids is 1. The standard InChI is InChI=1S/C20H21NO3/c1-13(2)17-9-18(19(22)8-16(17)12-24-3)20(23)21-10-14-6-4-5-7-15(14)11-21/h4-11,13,22H,12H2,1-3H3. The molecule has 0 amide bonds. The van der Waals surface area contributed by atoms with Crippen molar-refractivity contribution in [3.8, 4) is 5.75 Å². The highest BCUT2D eigenvalue weighted by atomic mass is 16.5. The van der Waals surface area contributed by atoms with Crippen LogP contribution in [0.4, 0.5) is 0 Å². The molecular formula is C20H21NO3. The minimum Gasteiger partial charge on any atom is -0.507 e. The lowest BCUT2D eigenvalue weighted by molar-refractivity contribution is 0.0957. The summed E-state index contributed by atoms with van der Waals surface area (Å²) in [5, 5.41) is 12.3. The maximum Gasteiger partial charge on any atom is 0.265 e. The van der Waals surface area contributed by atoms with Gasteiger partial charge in [0.15, 0.2) is 0 Å². The van der Waals surface area contributed by atoms with Gasteiger partial charge in [-0.2, -0.15) is 0 Å². The second-order valence-electron chi connectivity index (χ2n) is 6.26. The lowest BCUT2D eigenvalue weighted by Gasteiger charge is -2.15. The molecule has 0 radical (unpaired) electrons. The van der Waals surface area contributed by atoms with Crippen LogP contribution in [-0.4, -0.2) is 22.7 Å². The van der Waals surface area contributed by atoms with E-state index in [1.807, 2.05) is 24.3 Å². The van der Waals surface area contributed by atoms with Gasteiger partial charge in [0.25, 0.3) is 5.91 Å². The molecule has 0 spiro atoms. The molecule has 0 aliphatic heterocycles. The third-order valence-electron chi connectivity index (χ3n) is 4.20. The second kappa shape index (κ2) is 6.49. The van der Waals surface area contributed by atoms with Gasteiger partial charge in [0, 0.05) is 19.5 Å². The van der Waals surface area contributed by atoms with Crippen molar-refractivity contribution in [1.29, 1.82) is 0 Å². The van der Waals surface area contributed by atoms with E-state index in [-0.39, 0.29) is 17.6 Å². The number of phenolic OH excluding ortho intramolecular Hbond substituents is 1. The van der Waals surface area contributed by atoms with Crippen LogP contribution < -0.4 is 0 Å². The normalized spacial score (nSPS) is 11.3. The molecule has 3 rings (SSSR count). The molecule has 1 N–H and O–H groups in total. The number of hydrogen-bond acceptors (Lipinski definition) is 3. The molecule has 0 aliphatic carbocycles. The van der Waals surface area contributed by atoms with E-state index in [0.29, 0.717) is 12.2 Å². The maximum absolute atomic E-state index is 12.9. The van der Waals surface area contributed by atoms with Gasteiger partial charge in [-0.15, -0.1) is 0 Å². The summed E-state index contributed by atoms with van der Waals surface area (Å²) in [5.74, 6) is -0.0326. The van der Waals surface area contributed by atoms with Crippen LogP contribution in [-0.2, 0) is 11.3 Å². The van der Waals surface area contributed by atoms with Gasteiger partial charge >= 0.3 is 0 Å². The van der Waals surface area contributed by atoms with Crippen molar-refractivity contribution in [3.05, 3.63) is 65.5 Å². The van der Waals surface area contributed by atoms with Crippen LogP contribution in [0.3, 0.4) is 0 Å². The van der Waals surface area contributed by atoms with Crippen LogP contribution in [0.1, 0.15) is 41.3 Å². The van der Waals surface area contributed by atoms with Crippen molar-refractivity contribution in [3.63, 3.8) is 0 Å². The Kier molecular flexibility index (Phi) is 4.40. The highest BCUT2D eigenvalue weighted by Gasteiger charge is 2.18.